The molecule has 0 spiro atoms. The number of halogens is 2. The second-order valence-corrected chi connectivity index (χ2v) is 5.39. The molecule has 2 aromatic carbocycles. The SMILES string of the molecule is O=C(O)c1oc(=O)c2cc(Cl)c(Cl)cc2c1-c1ccccc1. The summed E-state index contributed by atoms with van der Waals surface area (Å²) in [6.45, 7) is 0. The molecule has 0 atom stereocenters. The third kappa shape index (κ3) is 2.36. The summed E-state index contributed by atoms with van der Waals surface area (Å²) in [5.74, 6) is -1.76. The van der Waals surface area contributed by atoms with E-state index in [9.17, 15) is 14.7 Å². The predicted molar refractivity (Wildman–Crippen MR) is 84.9 cm³/mol. The first-order valence-corrected chi connectivity index (χ1v) is 6.99. The molecule has 0 bridgehead atoms. The van der Waals surface area contributed by atoms with E-state index in [0.29, 0.717) is 16.5 Å². The highest BCUT2D eigenvalue weighted by molar-refractivity contribution is 6.43. The number of carboxylic acid groups (broad SMARTS) is 1. The first-order valence-electron chi connectivity index (χ1n) is 6.23. The molecule has 1 N–H and O–H groups in total. The lowest BCUT2D eigenvalue weighted by Crippen LogP contribution is -2.09. The molecule has 1 aromatic heterocycles. The van der Waals surface area contributed by atoms with Crippen LogP contribution in [-0.2, 0) is 0 Å². The van der Waals surface area contributed by atoms with Crippen molar-refractivity contribution in [1.29, 1.82) is 0 Å². The Balaban J connectivity index is 2.54. The van der Waals surface area contributed by atoms with Crippen LogP contribution in [0.15, 0.2) is 51.7 Å². The molecule has 6 heteroatoms. The van der Waals surface area contributed by atoms with Crippen molar-refractivity contribution in [3.63, 3.8) is 0 Å². The van der Waals surface area contributed by atoms with Gasteiger partial charge < -0.3 is 9.52 Å². The zero-order valence-corrected chi connectivity index (χ0v) is 12.5. The van der Waals surface area contributed by atoms with Crippen LogP contribution in [-0.4, -0.2) is 11.1 Å². The molecular weight excluding hydrogens is 327 g/mol. The number of benzene rings is 2. The van der Waals surface area contributed by atoms with Crippen molar-refractivity contribution in [3.8, 4) is 11.1 Å². The Morgan fingerprint density at radius 3 is 2.18 bits per heavy atom. The lowest BCUT2D eigenvalue weighted by atomic mass is 9.98. The van der Waals surface area contributed by atoms with E-state index in [-0.39, 0.29) is 15.4 Å². The van der Waals surface area contributed by atoms with Gasteiger partial charge in [0.15, 0.2) is 0 Å². The third-order valence-electron chi connectivity index (χ3n) is 3.23. The monoisotopic (exact) mass is 334 g/mol. The minimum absolute atomic E-state index is 0.179. The van der Waals surface area contributed by atoms with Crippen molar-refractivity contribution < 1.29 is 14.3 Å². The van der Waals surface area contributed by atoms with Gasteiger partial charge in [-0.1, -0.05) is 53.5 Å². The Morgan fingerprint density at radius 2 is 1.59 bits per heavy atom. The van der Waals surface area contributed by atoms with Crippen molar-refractivity contribution in [3.05, 3.63) is 68.7 Å². The summed E-state index contributed by atoms with van der Waals surface area (Å²) in [6.07, 6.45) is 0. The number of hydrogen-bond acceptors (Lipinski definition) is 3. The summed E-state index contributed by atoms with van der Waals surface area (Å²) >= 11 is 12.0. The first kappa shape index (κ1) is 14.6. The summed E-state index contributed by atoms with van der Waals surface area (Å²) in [7, 11) is 0. The van der Waals surface area contributed by atoms with Gasteiger partial charge in [0.05, 0.1) is 15.4 Å². The molecule has 3 rings (SSSR count). The van der Waals surface area contributed by atoms with Gasteiger partial charge in [0.2, 0.25) is 5.76 Å². The standard InChI is InChI=1S/C16H8Cl2O4/c17-11-6-9-10(7-12(11)18)16(21)22-14(15(19)20)13(9)8-4-2-1-3-5-8/h1-7H,(H,19,20). The zero-order valence-electron chi connectivity index (χ0n) is 11.0. The maximum atomic E-state index is 12.0. The van der Waals surface area contributed by atoms with E-state index in [4.69, 9.17) is 27.6 Å². The zero-order chi connectivity index (χ0) is 15.9. The van der Waals surface area contributed by atoms with Crippen LogP contribution in [0.4, 0.5) is 0 Å². The molecule has 0 aliphatic heterocycles. The van der Waals surface area contributed by atoms with Gasteiger partial charge in [0.25, 0.3) is 0 Å². The summed E-state index contributed by atoms with van der Waals surface area (Å²) in [5, 5.41) is 10.3. The summed E-state index contributed by atoms with van der Waals surface area (Å²) in [4.78, 5) is 23.5. The molecule has 0 saturated heterocycles. The predicted octanol–water partition coefficient (Wildman–Crippen LogP) is 4.47. The van der Waals surface area contributed by atoms with Crippen LogP contribution < -0.4 is 5.63 Å². The number of carboxylic acids is 1. The maximum Gasteiger partial charge on any atom is 0.372 e. The van der Waals surface area contributed by atoms with Crippen LogP contribution >= 0.6 is 23.2 Å². The molecule has 1 heterocycles. The van der Waals surface area contributed by atoms with Crippen LogP contribution in [0.2, 0.25) is 10.0 Å². The summed E-state index contributed by atoms with van der Waals surface area (Å²) in [5.41, 5.74) is 0.124. The first-order chi connectivity index (χ1) is 10.5. The van der Waals surface area contributed by atoms with Crippen molar-refractivity contribution in [2.45, 2.75) is 0 Å². The van der Waals surface area contributed by atoms with Crippen molar-refractivity contribution >= 4 is 39.9 Å². The third-order valence-corrected chi connectivity index (χ3v) is 3.95. The minimum Gasteiger partial charge on any atom is -0.475 e. The number of fused-ring (bicyclic) bond motifs is 1. The summed E-state index contributed by atoms with van der Waals surface area (Å²) < 4.78 is 4.98. The van der Waals surface area contributed by atoms with Crippen LogP contribution in [0.1, 0.15) is 10.6 Å². The van der Waals surface area contributed by atoms with Crippen molar-refractivity contribution in [2.24, 2.45) is 0 Å². The lowest BCUT2D eigenvalue weighted by Gasteiger charge is -2.10. The van der Waals surface area contributed by atoms with Gasteiger partial charge in [0.1, 0.15) is 0 Å². The highest BCUT2D eigenvalue weighted by Crippen LogP contribution is 2.35. The van der Waals surface area contributed by atoms with E-state index in [1.54, 1.807) is 30.3 Å². The molecule has 3 aromatic rings. The number of aromatic carboxylic acids is 1. The Labute approximate surface area is 134 Å². The largest absolute Gasteiger partial charge is 0.475 e. The second-order valence-electron chi connectivity index (χ2n) is 4.58. The van der Waals surface area contributed by atoms with Crippen molar-refractivity contribution in [2.75, 3.05) is 0 Å². The van der Waals surface area contributed by atoms with Crippen LogP contribution in [0, 0.1) is 0 Å². The van der Waals surface area contributed by atoms with E-state index < -0.39 is 17.4 Å². The van der Waals surface area contributed by atoms with Gasteiger partial charge in [-0.25, -0.2) is 9.59 Å². The fourth-order valence-corrected chi connectivity index (χ4v) is 2.61. The van der Waals surface area contributed by atoms with E-state index in [1.165, 1.54) is 12.1 Å². The number of carbonyl (C=O) groups is 1. The quantitative estimate of drug-likeness (QED) is 0.750. The normalized spacial score (nSPS) is 10.8. The maximum absolute atomic E-state index is 12.0. The fraction of sp³-hybridized carbons (Fsp3) is 0. The van der Waals surface area contributed by atoms with E-state index in [0.717, 1.165) is 0 Å². The van der Waals surface area contributed by atoms with Crippen LogP contribution in [0.25, 0.3) is 21.9 Å². The van der Waals surface area contributed by atoms with Gasteiger partial charge in [0, 0.05) is 10.9 Å². The fourth-order valence-electron chi connectivity index (χ4n) is 2.29. The number of hydrogen-bond donors (Lipinski definition) is 1. The average Bonchev–Trinajstić information content (AvgIpc) is 2.50. The summed E-state index contributed by atoms with van der Waals surface area (Å²) in [6, 6.07) is 11.6. The van der Waals surface area contributed by atoms with E-state index >= 15 is 0 Å². The highest BCUT2D eigenvalue weighted by atomic mass is 35.5. The van der Waals surface area contributed by atoms with E-state index in [1.807, 2.05) is 0 Å². The van der Waals surface area contributed by atoms with Crippen molar-refractivity contribution in [1.82, 2.24) is 0 Å². The van der Waals surface area contributed by atoms with Gasteiger partial charge >= 0.3 is 11.6 Å². The molecule has 0 amide bonds. The lowest BCUT2D eigenvalue weighted by molar-refractivity contribution is 0.0659. The topological polar surface area (TPSA) is 67.5 Å². The Hall–Kier alpha value is -2.30. The van der Waals surface area contributed by atoms with Gasteiger partial charge in [-0.2, -0.15) is 0 Å². The second kappa shape index (κ2) is 5.48. The van der Waals surface area contributed by atoms with Gasteiger partial charge in [-0.3, -0.25) is 0 Å². The molecule has 0 aliphatic carbocycles. The van der Waals surface area contributed by atoms with E-state index in [2.05, 4.69) is 0 Å². The Kier molecular flexibility index (Phi) is 3.64. The van der Waals surface area contributed by atoms with Gasteiger partial charge in [-0.05, 0) is 17.7 Å². The molecule has 0 fully saturated rings. The molecule has 0 radical (unpaired) electrons. The average molecular weight is 335 g/mol. The number of rotatable bonds is 2. The smallest absolute Gasteiger partial charge is 0.372 e. The minimum atomic E-state index is -1.33. The van der Waals surface area contributed by atoms with Crippen LogP contribution in [0.5, 0.6) is 0 Å². The Morgan fingerprint density at radius 1 is 1.00 bits per heavy atom. The van der Waals surface area contributed by atoms with Gasteiger partial charge in [-0.15, -0.1) is 0 Å². The molecule has 0 aliphatic rings. The highest BCUT2D eigenvalue weighted by Gasteiger charge is 2.21. The molecule has 0 unspecified atom stereocenters. The molecule has 0 saturated carbocycles. The molecule has 22 heavy (non-hydrogen) atoms. The molecule has 4 nitrogen and oxygen atoms in total. The van der Waals surface area contributed by atoms with Crippen LogP contribution in [0.3, 0.4) is 0 Å². The Bertz CT molecular complexity index is 946. The molecular formula is C16H8Cl2O4. The molecule has 110 valence electrons.